The van der Waals surface area contributed by atoms with E-state index in [2.05, 4.69) is 5.32 Å². The Morgan fingerprint density at radius 3 is 2.07 bits per heavy atom. The second-order valence-electron chi connectivity index (χ2n) is 8.81. The maximum absolute atomic E-state index is 15.1. The molecule has 0 fully saturated rings. The van der Waals surface area contributed by atoms with E-state index in [4.69, 9.17) is 28.5 Å². The van der Waals surface area contributed by atoms with E-state index in [1.165, 1.54) is 25.1 Å². The van der Waals surface area contributed by atoms with Gasteiger partial charge in [-0.1, -0.05) is 11.6 Å². The molecule has 1 aliphatic rings. The van der Waals surface area contributed by atoms with Crippen LogP contribution in [-0.2, 0) is 0 Å². The van der Waals surface area contributed by atoms with Crippen LogP contribution >= 0.6 is 23.2 Å². The fraction of sp³-hybridized carbons (Fsp3) is 0.231. The standard InChI is InChI=1S/C26H14Cl2F8N4O2/c1-12-8-13(10-37)2-5-16(12)22(42)39-18-9-14(3-4-15(18)11-38)21(41)40-20-17(27)6-7-19(29)23(20,28)24(30,25(31,32)33)26(34,35)36/h2-9,20H,1H3,(H,39,42)(H,40,41). The van der Waals surface area contributed by atoms with Gasteiger partial charge in [-0.05, 0) is 61.0 Å². The zero-order valence-electron chi connectivity index (χ0n) is 20.7. The summed E-state index contributed by atoms with van der Waals surface area (Å²) in [4.78, 5) is 21.2. The second kappa shape index (κ2) is 11.3. The Kier molecular flexibility index (Phi) is 8.69. The van der Waals surface area contributed by atoms with E-state index in [1.54, 1.807) is 11.4 Å². The highest BCUT2D eigenvalue weighted by molar-refractivity contribution is 6.34. The molecule has 16 heteroatoms. The van der Waals surface area contributed by atoms with E-state index in [9.17, 15) is 45.6 Å². The van der Waals surface area contributed by atoms with Gasteiger partial charge in [-0.3, -0.25) is 9.59 Å². The molecule has 2 aromatic carbocycles. The highest BCUT2D eigenvalue weighted by atomic mass is 35.5. The molecule has 0 radical (unpaired) electrons. The minimum atomic E-state index is -6.83. The molecular formula is C26H14Cl2F8N4O2. The minimum absolute atomic E-state index is 0.00426. The van der Waals surface area contributed by atoms with E-state index in [1.807, 2.05) is 6.07 Å². The van der Waals surface area contributed by atoms with Crippen molar-refractivity contribution in [3.8, 4) is 12.1 Å². The minimum Gasteiger partial charge on any atom is -0.342 e. The number of halogens is 10. The monoisotopic (exact) mass is 636 g/mol. The van der Waals surface area contributed by atoms with Crippen LogP contribution in [-0.4, -0.2) is 40.8 Å². The maximum Gasteiger partial charge on any atom is 0.433 e. The van der Waals surface area contributed by atoms with Crippen molar-refractivity contribution in [1.82, 2.24) is 5.32 Å². The molecule has 0 saturated carbocycles. The first-order chi connectivity index (χ1) is 19.3. The highest BCUT2D eigenvalue weighted by Gasteiger charge is 2.84. The van der Waals surface area contributed by atoms with Crippen LogP contribution in [0.25, 0.3) is 0 Å². The van der Waals surface area contributed by atoms with Crippen LogP contribution in [0.2, 0.25) is 0 Å². The molecular weight excluding hydrogens is 623 g/mol. The molecule has 0 aromatic heterocycles. The third-order valence-corrected chi connectivity index (χ3v) is 7.22. The molecule has 2 unspecified atom stereocenters. The van der Waals surface area contributed by atoms with E-state index < -0.39 is 57.2 Å². The van der Waals surface area contributed by atoms with Gasteiger partial charge in [0.1, 0.15) is 11.9 Å². The summed E-state index contributed by atoms with van der Waals surface area (Å²) in [6.07, 6.45) is -13.2. The number of hydrogen-bond donors (Lipinski definition) is 2. The summed E-state index contributed by atoms with van der Waals surface area (Å²) in [5.41, 5.74) is -6.91. The van der Waals surface area contributed by atoms with Gasteiger partial charge in [-0.15, -0.1) is 11.6 Å². The number of benzene rings is 2. The lowest BCUT2D eigenvalue weighted by Gasteiger charge is -2.46. The summed E-state index contributed by atoms with van der Waals surface area (Å²) in [6, 6.07) is 7.39. The average Bonchev–Trinajstić information content (AvgIpc) is 2.91. The lowest BCUT2D eigenvalue weighted by molar-refractivity contribution is -0.351. The predicted octanol–water partition coefficient (Wildman–Crippen LogP) is 6.89. The van der Waals surface area contributed by atoms with Gasteiger partial charge in [-0.2, -0.15) is 36.9 Å². The molecule has 0 spiro atoms. The van der Waals surface area contributed by atoms with Gasteiger partial charge in [0.25, 0.3) is 11.8 Å². The summed E-state index contributed by atoms with van der Waals surface area (Å²) >= 11 is 11.3. The number of allylic oxidation sites excluding steroid dienone is 2. The first kappa shape index (κ1) is 32.4. The summed E-state index contributed by atoms with van der Waals surface area (Å²) in [5, 5.41) is 21.3. The fourth-order valence-electron chi connectivity index (χ4n) is 4.08. The molecule has 3 rings (SSSR count). The van der Waals surface area contributed by atoms with Crippen molar-refractivity contribution in [2.24, 2.45) is 0 Å². The molecule has 0 bridgehead atoms. The Morgan fingerprint density at radius 1 is 0.929 bits per heavy atom. The Balaban J connectivity index is 2.03. The number of nitrogens with zero attached hydrogens (tertiary/aromatic N) is 2. The number of nitrogens with one attached hydrogen (secondary N) is 2. The Morgan fingerprint density at radius 2 is 1.55 bits per heavy atom. The number of hydrogen-bond acceptors (Lipinski definition) is 4. The number of carbonyl (C=O) groups excluding carboxylic acids is 2. The number of alkyl halides is 8. The molecule has 2 aromatic rings. The van der Waals surface area contributed by atoms with Crippen LogP contribution in [0.1, 0.15) is 37.4 Å². The highest BCUT2D eigenvalue weighted by Crippen LogP contribution is 2.60. The van der Waals surface area contributed by atoms with Crippen LogP contribution in [0.5, 0.6) is 0 Å². The van der Waals surface area contributed by atoms with Crippen molar-refractivity contribution in [1.29, 1.82) is 10.5 Å². The van der Waals surface area contributed by atoms with Crippen molar-refractivity contribution in [3.63, 3.8) is 0 Å². The smallest absolute Gasteiger partial charge is 0.342 e. The van der Waals surface area contributed by atoms with E-state index in [0.717, 1.165) is 18.2 Å². The molecule has 2 atom stereocenters. The van der Waals surface area contributed by atoms with Gasteiger partial charge in [0.15, 0.2) is 4.87 Å². The molecule has 42 heavy (non-hydrogen) atoms. The van der Waals surface area contributed by atoms with E-state index >= 15 is 4.39 Å². The summed E-state index contributed by atoms with van der Waals surface area (Å²) < 4.78 is 111. The number of rotatable bonds is 5. The summed E-state index contributed by atoms with van der Waals surface area (Å²) in [6.45, 7) is 1.51. The Hall–Kier alpha value is -4.14. The Bertz CT molecular complexity index is 1590. The van der Waals surface area contributed by atoms with Crippen LogP contribution < -0.4 is 10.6 Å². The van der Waals surface area contributed by atoms with Gasteiger partial charge in [-0.25, -0.2) is 8.78 Å². The van der Waals surface area contributed by atoms with Gasteiger partial charge < -0.3 is 10.6 Å². The number of aryl methyl sites for hydroxylation is 1. The predicted molar refractivity (Wildman–Crippen MR) is 134 cm³/mol. The summed E-state index contributed by atoms with van der Waals surface area (Å²) in [5.74, 6) is -4.76. The molecule has 220 valence electrons. The number of amides is 2. The van der Waals surface area contributed by atoms with E-state index in [0.29, 0.717) is 11.6 Å². The average molecular weight is 637 g/mol. The first-order valence-electron chi connectivity index (χ1n) is 11.2. The van der Waals surface area contributed by atoms with Crippen molar-refractivity contribution in [2.75, 3.05) is 5.32 Å². The van der Waals surface area contributed by atoms with Gasteiger partial charge in [0.05, 0.1) is 28.9 Å². The lowest BCUT2D eigenvalue weighted by atomic mass is 9.77. The third-order valence-electron chi connectivity index (χ3n) is 6.22. The molecule has 2 amide bonds. The quantitative estimate of drug-likeness (QED) is 0.275. The van der Waals surface area contributed by atoms with Crippen molar-refractivity contribution in [2.45, 2.75) is 35.9 Å². The number of nitriles is 2. The largest absolute Gasteiger partial charge is 0.433 e. The molecule has 1 aliphatic carbocycles. The second-order valence-corrected chi connectivity index (χ2v) is 9.84. The maximum atomic E-state index is 15.1. The van der Waals surface area contributed by atoms with Crippen molar-refractivity contribution >= 4 is 40.7 Å². The zero-order valence-corrected chi connectivity index (χ0v) is 22.2. The van der Waals surface area contributed by atoms with Gasteiger partial charge in [0.2, 0.25) is 0 Å². The molecule has 2 N–H and O–H groups in total. The van der Waals surface area contributed by atoms with E-state index in [-0.39, 0.29) is 28.5 Å². The van der Waals surface area contributed by atoms with Gasteiger partial charge >= 0.3 is 18.0 Å². The van der Waals surface area contributed by atoms with Crippen molar-refractivity contribution < 1.29 is 44.7 Å². The lowest BCUT2D eigenvalue weighted by Crippen LogP contribution is -2.72. The SMILES string of the molecule is Cc1cc(C#N)ccc1C(=O)Nc1cc(C(=O)NC2C(Cl)=CC=C(F)C2(Cl)C(F)(C(F)(F)F)C(F)(F)F)ccc1C#N. The number of anilines is 1. The molecule has 0 heterocycles. The van der Waals surface area contributed by atoms with Crippen LogP contribution in [0.15, 0.2) is 59.4 Å². The normalized spacial score (nSPS) is 19.1. The molecule has 0 aliphatic heterocycles. The van der Waals surface area contributed by atoms with Crippen LogP contribution in [0, 0.1) is 29.6 Å². The molecule has 0 saturated heterocycles. The third kappa shape index (κ3) is 5.40. The Labute approximate surface area is 241 Å². The van der Waals surface area contributed by atoms with Crippen LogP contribution in [0.4, 0.5) is 40.8 Å². The van der Waals surface area contributed by atoms with Crippen molar-refractivity contribution in [3.05, 3.63) is 87.2 Å². The fourth-order valence-corrected chi connectivity index (χ4v) is 4.87. The van der Waals surface area contributed by atoms with Crippen LogP contribution in [0.3, 0.4) is 0 Å². The first-order valence-corrected chi connectivity index (χ1v) is 12.0. The number of carbonyl (C=O) groups is 2. The summed E-state index contributed by atoms with van der Waals surface area (Å²) in [7, 11) is 0. The molecule has 6 nitrogen and oxygen atoms in total. The zero-order chi connectivity index (χ0) is 31.8. The van der Waals surface area contributed by atoms with Gasteiger partial charge in [0, 0.05) is 16.2 Å². The topological polar surface area (TPSA) is 106 Å².